The summed E-state index contributed by atoms with van der Waals surface area (Å²) in [7, 11) is 0. The van der Waals surface area contributed by atoms with Crippen LogP contribution in [0.15, 0.2) is 0 Å². The van der Waals surface area contributed by atoms with Crippen LogP contribution in [0, 0.1) is 11.8 Å². The Bertz CT molecular complexity index is 155. The molecule has 0 aromatic carbocycles. The molecule has 0 amide bonds. The topological polar surface area (TPSA) is 63.3 Å². The smallest absolute Gasteiger partial charge is 0.307 e. The van der Waals surface area contributed by atoms with Gasteiger partial charge in [-0.2, -0.15) is 0 Å². The third kappa shape index (κ3) is 2.48. The number of carboxylic acids is 1. The minimum Gasteiger partial charge on any atom is -0.481 e. The molecule has 3 N–H and O–H groups in total. The molecule has 70 valence electrons. The molecule has 3 heteroatoms. The molecule has 12 heavy (non-hydrogen) atoms. The van der Waals surface area contributed by atoms with Crippen molar-refractivity contribution in [3.8, 4) is 0 Å². The Hall–Kier alpha value is -0.570. The number of carbonyl (C=O) groups is 1. The Balaban J connectivity index is 2.13. The van der Waals surface area contributed by atoms with Gasteiger partial charge in [0, 0.05) is 6.54 Å². The van der Waals surface area contributed by atoms with Crippen LogP contribution in [-0.4, -0.2) is 17.6 Å². The molecule has 0 saturated heterocycles. The Kier molecular flexibility index (Phi) is 3.53. The minimum atomic E-state index is -0.739. The largest absolute Gasteiger partial charge is 0.481 e. The first kappa shape index (κ1) is 9.52. The zero-order valence-electron chi connectivity index (χ0n) is 7.33. The van der Waals surface area contributed by atoms with Crippen LogP contribution in [0.4, 0.5) is 0 Å². The van der Waals surface area contributed by atoms with Crippen LogP contribution < -0.4 is 5.73 Å². The maximum Gasteiger partial charge on any atom is 0.307 e. The molecule has 1 unspecified atom stereocenters. The lowest BCUT2D eigenvalue weighted by Gasteiger charge is -2.26. The number of carboxylic acid groups (broad SMARTS) is 1. The minimum absolute atomic E-state index is 0.280. The summed E-state index contributed by atoms with van der Waals surface area (Å²) in [6.07, 6.45) is 5.71. The number of hydrogen-bond donors (Lipinski definition) is 2. The van der Waals surface area contributed by atoms with E-state index in [-0.39, 0.29) is 12.5 Å². The van der Waals surface area contributed by atoms with Crippen molar-refractivity contribution in [3.63, 3.8) is 0 Å². The Labute approximate surface area is 72.9 Å². The van der Waals surface area contributed by atoms with Gasteiger partial charge in [-0.3, -0.25) is 4.79 Å². The van der Waals surface area contributed by atoms with E-state index in [1.54, 1.807) is 0 Å². The summed E-state index contributed by atoms with van der Waals surface area (Å²) in [6.45, 7) is 0.280. The van der Waals surface area contributed by atoms with Crippen LogP contribution in [0.3, 0.4) is 0 Å². The number of nitrogens with two attached hydrogens (primary N) is 1. The van der Waals surface area contributed by atoms with Gasteiger partial charge in [0.2, 0.25) is 0 Å². The molecule has 0 aliphatic heterocycles. The third-order valence-electron chi connectivity index (χ3n) is 2.78. The first-order valence-corrected chi connectivity index (χ1v) is 4.67. The molecular formula is C9H17NO2. The lowest BCUT2D eigenvalue weighted by atomic mass is 9.80. The number of hydrogen-bond acceptors (Lipinski definition) is 2. The van der Waals surface area contributed by atoms with E-state index >= 15 is 0 Å². The Morgan fingerprint density at radius 1 is 1.58 bits per heavy atom. The molecule has 1 rings (SSSR count). The fourth-order valence-corrected chi connectivity index (χ4v) is 1.56. The zero-order valence-corrected chi connectivity index (χ0v) is 7.33. The fraction of sp³-hybridized carbons (Fsp3) is 0.889. The third-order valence-corrected chi connectivity index (χ3v) is 2.78. The average Bonchev–Trinajstić information content (AvgIpc) is 1.93. The normalized spacial score (nSPS) is 20.1. The zero-order chi connectivity index (χ0) is 8.97. The summed E-state index contributed by atoms with van der Waals surface area (Å²) in [5.41, 5.74) is 5.34. The summed E-state index contributed by atoms with van der Waals surface area (Å²) in [5.74, 6) is -0.263. The van der Waals surface area contributed by atoms with Crippen LogP contribution in [0.2, 0.25) is 0 Å². The van der Waals surface area contributed by atoms with Crippen molar-refractivity contribution in [3.05, 3.63) is 0 Å². The molecule has 1 atom stereocenters. The highest BCUT2D eigenvalue weighted by molar-refractivity contribution is 5.70. The summed E-state index contributed by atoms with van der Waals surface area (Å²) in [5, 5.41) is 8.70. The molecule has 0 radical (unpaired) electrons. The Morgan fingerprint density at radius 2 is 2.25 bits per heavy atom. The van der Waals surface area contributed by atoms with Gasteiger partial charge in [0.25, 0.3) is 0 Å². The highest BCUT2D eigenvalue weighted by Crippen LogP contribution is 2.31. The molecule has 0 heterocycles. The highest BCUT2D eigenvalue weighted by atomic mass is 16.4. The van der Waals surface area contributed by atoms with Crippen LogP contribution in [0.1, 0.15) is 32.1 Å². The quantitative estimate of drug-likeness (QED) is 0.653. The van der Waals surface area contributed by atoms with Gasteiger partial charge in [0.15, 0.2) is 0 Å². The van der Waals surface area contributed by atoms with E-state index < -0.39 is 5.97 Å². The van der Waals surface area contributed by atoms with Crippen molar-refractivity contribution in [2.45, 2.75) is 32.1 Å². The van der Waals surface area contributed by atoms with E-state index in [4.69, 9.17) is 10.8 Å². The second kappa shape index (κ2) is 4.45. The van der Waals surface area contributed by atoms with Gasteiger partial charge >= 0.3 is 5.97 Å². The second-order valence-electron chi connectivity index (χ2n) is 3.65. The lowest BCUT2D eigenvalue weighted by molar-refractivity contribution is -0.141. The molecule has 0 bridgehead atoms. The molecule has 1 aliphatic carbocycles. The van der Waals surface area contributed by atoms with E-state index in [9.17, 15) is 4.79 Å². The molecule has 1 fully saturated rings. The summed E-state index contributed by atoms with van der Waals surface area (Å²) >= 11 is 0. The van der Waals surface area contributed by atoms with Gasteiger partial charge < -0.3 is 10.8 Å². The van der Waals surface area contributed by atoms with E-state index in [2.05, 4.69) is 0 Å². The van der Waals surface area contributed by atoms with Gasteiger partial charge in [0.05, 0.1) is 5.92 Å². The molecule has 3 nitrogen and oxygen atoms in total. The van der Waals surface area contributed by atoms with Gasteiger partial charge in [-0.15, -0.1) is 0 Å². The van der Waals surface area contributed by atoms with Gasteiger partial charge in [-0.05, 0) is 18.8 Å². The van der Waals surface area contributed by atoms with Crippen molar-refractivity contribution in [1.29, 1.82) is 0 Å². The first-order chi connectivity index (χ1) is 5.74. The van der Waals surface area contributed by atoms with Crippen molar-refractivity contribution in [1.82, 2.24) is 0 Å². The maximum absolute atomic E-state index is 10.6. The van der Waals surface area contributed by atoms with Crippen LogP contribution in [0.25, 0.3) is 0 Å². The van der Waals surface area contributed by atoms with Gasteiger partial charge in [-0.25, -0.2) is 0 Å². The molecule has 0 aromatic rings. The SMILES string of the molecule is NCC(CCC1CCC1)C(=O)O. The van der Waals surface area contributed by atoms with Crippen LogP contribution in [0.5, 0.6) is 0 Å². The van der Waals surface area contributed by atoms with Crippen molar-refractivity contribution >= 4 is 5.97 Å². The van der Waals surface area contributed by atoms with E-state index in [0.717, 1.165) is 18.8 Å². The second-order valence-corrected chi connectivity index (χ2v) is 3.65. The van der Waals surface area contributed by atoms with E-state index in [1.807, 2.05) is 0 Å². The van der Waals surface area contributed by atoms with Crippen molar-refractivity contribution < 1.29 is 9.90 Å². The summed E-state index contributed by atoms with van der Waals surface area (Å²) in [4.78, 5) is 10.6. The number of rotatable bonds is 5. The standard InChI is InChI=1S/C9H17NO2/c10-6-8(9(11)12)5-4-7-2-1-3-7/h7-8H,1-6,10H2,(H,11,12). The fourth-order valence-electron chi connectivity index (χ4n) is 1.56. The summed E-state index contributed by atoms with van der Waals surface area (Å²) in [6, 6.07) is 0. The van der Waals surface area contributed by atoms with E-state index in [1.165, 1.54) is 19.3 Å². The van der Waals surface area contributed by atoms with Crippen molar-refractivity contribution in [2.75, 3.05) is 6.54 Å². The van der Waals surface area contributed by atoms with Crippen molar-refractivity contribution in [2.24, 2.45) is 17.6 Å². The predicted octanol–water partition coefficient (Wildman–Crippen LogP) is 1.23. The highest BCUT2D eigenvalue weighted by Gasteiger charge is 2.21. The van der Waals surface area contributed by atoms with Crippen LogP contribution >= 0.6 is 0 Å². The summed E-state index contributed by atoms with van der Waals surface area (Å²) < 4.78 is 0. The molecule has 0 spiro atoms. The molecular weight excluding hydrogens is 154 g/mol. The number of aliphatic carboxylic acids is 1. The van der Waals surface area contributed by atoms with Gasteiger partial charge in [-0.1, -0.05) is 19.3 Å². The molecule has 0 aromatic heterocycles. The maximum atomic E-state index is 10.6. The van der Waals surface area contributed by atoms with Gasteiger partial charge in [0.1, 0.15) is 0 Å². The average molecular weight is 171 g/mol. The lowest BCUT2D eigenvalue weighted by Crippen LogP contribution is -2.24. The molecule has 1 aliphatic rings. The first-order valence-electron chi connectivity index (χ1n) is 4.67. The predicted molar refractivity (Wildman–Crippen MR) is 46.8 cm³/mol. The Morgan fingerprint density at radius 3 is 2.58 bits per heavy atom. The van der Waals surface area contributed by atoms with E-state index in [0.29, 0.717) is 0 Å². The monoisotopic (exact) mass is 171 g/mol. The molecule has 1 saturated carbocycles. The van der Waals surface area contributed by atoms with Crippen LogP contribution in [-0.2, 0) is 4.79 Å².